The van der Waals surface area contributed by atoms with Crippen LogP contribution in [0.2, 0.25) is 0 Å². The summed E-state index contributed by atoms with van der Waals surface area (Å²) < 4.78 is 11.7. The van der Waals surface area contributed by atoms with Gasteiger partial charge in [0.2, 0.25) is 0 Å². The van der Waals surface area contributed by atoms with Crippen molar-refractivity contribution in [2.24, 2.45) is 0 Å². The molecule has 0 amide bonds. The minimum absolute atomic E-state index is 0.595. The summed E-state index contributed by atoms with van der Waals surface area (Å²) in [6.45, 7) is 0. The van der Waals surface area contributed by atoms with Crippen LogP contribution in [-0.2, 0) is 0 Å². The third-order valence-corrected chi connectivity index (χ3v) is 10.6. The highest BCUT2D eigenvalue weighted by Crippen LogP contribution is 2.44. The maximum absolute atomic E-state index is 7.10. The normalized spacial score (nSPS) is 11.5. The standard InChI is InChI=1S/C51H33N5O/c1-4-18-34(19-5-1)49-52-50(35-20-6-2-7-21-35)54-51(53-49)39-26-12-15-29-42(39)56-41-28-14-11-25-38(41)48-44(56)31-17-33-46(48)57-45-32-16-30-43-47(45)37-24-10-13-27-40(37)55(43)36-22-8-3-9-23-36/h1-33H. The maximum Gasteiger partial charge on any atom is 0.166 e. The molecule has 0 N–H and O–H groups in total. The van der Waals surface area contributed by atoms with E-state index in [-0.39, 0.29) is 0 Å². The summed E-state index contributed by atoms with van der Waals surface area (Å²) in [6, 6.07) is 68.8. The minimum atomic E-state index is 0.595. The fourth-order valence-corrected chi connectivity index (χ4v) is 8.16. The van der Waals surface area contributed by atoms with Crippen molar-refractivity contribution in [3.05, 3.63) is 200 Å². The number of benzene rings is 8. The quantitative estimate of drug-likeness (QED) is 0.164. The molecule has 6 heteroatoms. The lowest BCUT2D eigenvalue weighted by Crippen LogP contribution is -2.03. The highest BCUT2D eigenvalue weighted by molar-refractivity contribution is 6.14. The van der Waals surface area contributed by atoms with Gasteiger partial charge in [0.05, 0.1) is 38.5 Å². The molecule has 0 bridgehead atoms. The van der Waals surface area contributed by atoms with E-state index in [0.29, 0.717) is 17.5 Å². The van der Waals surface area contributed by atoms with Gasteiger partial charge in [-0.1, -0.05) is 140 Å². The summed E-state index contributed by atoms with van der Waals surface area (Å²) in [6.07, 6.45) is 0. The Morgan fingerprint density at radius 1 is 0.333 bits per heavy atom. The third kappa shape index (κ3) is 5.46. The van der Waals surface area contributed by atoms with E-state index in [1.807, 2.05) is 66.7 Å². The zero-order valence-electron chi connectivity index (χ0n) is 30.7. The first-order valence-electron chi connectivity index (χ1n) is 19.0. The summed E-state index contributed by atoms with van der Waals surface area (Å²) in [5, 5.41) is 4.32. The molecular formula is C51H33N5O. The number of rotatable bonds is 7. The summed E-state index contributed by atoms with van der Waals surface area (Å²) in [5.74, 6) is 3.42. The van der Waals surface area contributed by atoms with Gasteiger partial charge in [-0.3, -0.25) is 0 Å². The summed E-state index contributed by atoms with van der Waals surface area (Å²) in [4.78, 5) is 15.2. The number of aromatic nitrogens is 5. The van der Waals surface area contributed by atoms with Gasteiger partial charge in [0, 0.05) is 33.2 Å². The van der Waals surface area contributed by atoms with Crippen LogP contribution in [-0.4, -0.2) is 24.1 Å². The SMILES string of the molecule is c1ccc(-c2nc(-c3ccccc3)nc(-c3ccccc3-n3c4ccccc4c4c(Oc5cccc6c5c5ccccc5n6-c5ccccc5)cccc43)n2)cc1. The number of hydrogen-bond acceptors (Lipinski definition) is 4. The van der Waals surface area contributed by atoms with Crippen LogP contribution >= 0.6 is 0 Å². The Bertz CT molecular complexity index is 3200. The first kappa shape index (κ1) is 32.6. The summed E-state index contributed by atoms with van der Waals surface area (Å²) in [5.41, 5.74) is 9.09. The van der Waals surface area contributed by atoms with E-state index in [1.54, 1.807) is 0 Å². The molecule has 268 valence electrons. The van der Waals surface area contributed by atoms with Gasteiger partial charge in [0.15, 0.2) is 17.5 Å². The van der Waals surface area contributed by atoms with Crippen LogP contribution in [0, 0.1) is 0 Å². The number of nitrogens with zero attached hydrogens (tertiary/aromatic N) is 5. The van der Waals surface area contributed by atoms with Gasteiger partial charge in [-0.05, 0) is 60.7 Å². The zero-order chi connectivity index (χ0) is 37.7. The van der Waals surface area contributed by atoms with Crippen LogP contribution in [0.4, 0.5) is 0 Å². The van der Waals surface area contributed by atoms with E-state index in [9.17, 15) is 0 Å². The lowest BCUT2D eigenvalue weighted by molar-refractivity contribution is 0.495. The van der Waals surface area contributed by atoms with Crippen LogP contribution in [0.3, 0.4) is 0 Å². The van der Waals surface area contributed by atoms with E-state index < -0.39 is 0 Å². The number of hydrogen-bond donors (Lipinski definition) is 0. The summed E-state index contributed by atoms with van der Waals surface area (Å²) in [7, 11) is 0. The fourth-order valence-electron chi connectivity index (χ4n) is 8.16. The van der Waals surface area contributed by atoms with Gasteiger partial charge < -0.3 is 13.9 Å². The molecule has 0 aliphatic carbocycles. The molecule has 0 saturated heterocycles. The number of ether oxygens (including phenoxy) is 1. The van der Waals surface area contributed by atoms with Crippen molar-refractivity contribution in [1.82, 2.24) is 24.1 Å². The van der Waals surface area contributed by atoms with E-state index in [4.69, 9.17) is 19.7 Å². The Hall–Kier alpha value is -7.83. The van der Waals surface area contributed by atoms with Crippen LogP contribution in [0.15, 0.2) is 200 Å². The van der Waals surface area contributed by atoms with Crippen LogP contribution in [0.1, 0.15) is 0 Å². The predicted octanol–water partition coefficient (Wildman–Crippen LogP) is 12.9. The molecule has 3 heterocycles. The fraction of sp³-hybridized carbons (Fsp3) is 0. The molecule has 0 saturated carbocycles. The van der Waals surface area contributed by atoms with Gasteiger partial charge in [-0.15, -0.1) is 0 Å². The molecule has 0 aliphatic heterocycles. The number of para-hydroxylation sites is 4. The van der Waals surface area contributed by atoms with Gasteiger partial charge in [0.25, 0.3) is 0 Å². The zero-order valence-corrected chi connectivity index (χ0v) is 30.7. The second-order valence-electron chi connectivity index (χ2n) is 14.0. The van der Waals surface area contributed by atoms with Crippen molar-refractivity contribution in [2.45, 2.75) is 0 Å². The first-order chi connectivity index (χ1) is 28.3. The lowest BCUT2D eigenvalue weighted by atomic mass is 10.1. The molecule has 3 aromatic heterocycles. The van der Waals surface area contributed by atoms with E-state index in [0.717, 1.165) is 83.2 Å². The summed E-state index contributed by atoms with van der Waals surface area (Å²) >= 11 is 0. The van der Waals surface area contributed by atoms with Crippen LogP contribution in [0.5, 0.6) is 11.5 Å². The van der Waals surface area contributed by atoms with Gasteiger partial charge in [-0.25, -0.2) is 15.0 Å². The van der Waals surface area contributed by atoms with Gasteiger partial charge in [0.1, 0.15) is 11.5 Å². The van der Waals surface area contributed by atoms with Crippen molar-refractivity contribution in [3.8, 4) is 57.0 Å². The molecule has 0 radical (unpaired) electrons. The molecule has 6 nitrogen and oxygen atoms in total. The molecule has 0 unspecified atom stereocenters. The third-order valence-electron chi connectivity index (χ3n) is 10.6. The molecule has 0 fully saturated rings. The van der Waals surface area contributed by atoms with Crippen molar-refractivity contribution in [3.63, 3.8) is 0 Å². The van der Waals surface area contributed by atoms with Crippen molar-refractivity contribution < 1.29 is 4.74 Å². The Morgan fingerprint density at radius 3 is 1.37 bits per heavy atom. The second-order valence-corrected chi connectivity index (χ2v) is 14.0. The van der Waals surface area contributed by atoms with Crippen molar-refractivity contribution in [2.75, 3.05) is 0 Å². The Morgan fingerprint density at radius 2 is 0.772 bits per heavy atom. The predicted molar refractivity (Wildman–Crippen MR) is 231 cm³/mol. The Kier molecular flexibility index (Phi) is 7.71. The largest absolute Gasteiger partial charge is 0.456 e. The Labute approximate surface area is 328 Å². The highest BCUT2D eigenvalue weighted by atomic mass is 16.5. The Balaban J connectivity index is 1.11. The smallest absolute Gasteiger partial charge is 0.166 e. The highest BCUT2D eigenvalue weighted by Gasteiger charge is 2.22. The van der Waals surface area contributed by atoms with Crippen LogP contribution in [0.25, 0.3) is 89.2 Å². The average molecular weight is 732 g/mol. The van der Waals surface area contributed by atoms with Crippen LogP contribution < -0.4 is 4.74 Å². The monoisotopic (exact) mass is 731 g/mol. The van der Waals surface area contributed by atoms with E-state index >= 15 is 0 Å². The van der Waals surface area contributed by atoms with Gasteiger partial charge in [-0.2, -0.15) is 0 Å². The van der Waals surface area contributed by atoms with Crippen molar-refractivity contribution >= 4 is 43.6 Å². The molecule has 8 aromatic carbocycles. The molecular weight excluding hydrogens is 699 g/mol. The molecule has 57 heavy (non-hydrogen) atoms. The molecule has 11 rings (SSSR count). The molecule has 0 spiro atoms. The maximum atomic E-state index is 7.10. The first-order valence-corrected chi connectivity index (χ1v) is 19.0. The van der Waals surface area contributed by atoms with Gasteiger partial charge >= 0.3 is 0 Å². The molecule has 0 aliphatic rings. The second kappa shape index (κ2) is 13.5. The average Bonchev–Trinajstić information content (AvgIpc) is 3.81. The molecule has 11 aromatic rings. The number of fused-ring (bicyclic) bond motifs is 6. The minimum Gasteiger partial charge on any atom is -0.456 e. The molecule has 0 atom stereocenters. The lowest BCUT2D eigenvalue weighted by Gasteiger charge is -2.15. The van der Waals surface area contributed by atoms with Crippen molar-refractivity contribution in [1.29, 1.82) is 0 Å². The topological polar surface area (TPSA) is 57.8 Å². The van der Waals surface area contributed by atoms with E-state index in [2.05, 4.69) is 143 Å². The van der Waals surface area contributed by atoms with E-state index in [1.165, 1.54) is 0 Å².